The predicted molar refractivity (Wildman–Crippen MR) is 85.2 cm³/mol. The molecule has 23 heavy (non-hydrogen) atoms. The van der Waals surface area contributed by atoms with Crippen LogP contribution >= 0.6 is 11.6 Å². The number of Topliss-reactive ketones (excluding diaryl/α,β-unsaturated/α-hetero) is 1. The average molecular weight is 335 g/mol. The molecule has 0 heterocycles. The molecule has 0 radical (unpaired) electrons. The van der Waals surface area contributed by atoms with Gasteiger partial charge in [-0.3, -0.25) is 4.79 Å². The number of hydrogen-bond donors (Lipinski definition) is 0. The minimum Gasteiger partial charge on any atom is -0.496 e. The van der Waals surface area contributed by atoms with E-state index in [-0.39, 0.29) is 19.0 Å². The lowest BCUT2D eigenvalue weighted by atomic mass is 10.1. The topological polar surface area (TPSA) is 61.8 Å². The van der Waals surface area contributed by atoms with Crippen molar-refractivity contribution in [2.24, 2.45) is 0 Å². The smallest absolute Gasteiger partial charge is 0.344 e. The van der Waals surface area contributed by atoms with Crippen molar-refractivity contribution in [3.63, 3.8) is 0 Å². The average Bonchev–Trinajstić information content (AvgIpc) is 2.58. The molecule has 0 aromatic heterocycles. The number of ether oxygens (including phenoxy) is 3. The normalized spacial score (nSPS) is 10.0. The fourth-order valence-electron chi connectivity index (χ4n) is 1.84. The minimum atomic E-state index is -0.659. The molecule has 0 N–H and O–H groups in total. The highest BCUT2D eigenvalue weighted by atomic mass is 35.5. The zero-order valence-electron chi connectivity index (χ0n) is 12.5. The van der Waals surface area contributed by atoms with Gasteiger partial charge in [0, 0.05) is 0 Å². The molecular formula is C17H15ClO5. The summed E-state index contributed by atoms with van der Waals surface area (Å²) in [6.45, 7) is -0.714. The van der Waals surface area contributed by atoms with Crippen LogP contribution in [0.3, 0.4) is 0 Å². The Balaban J connectivity index is 1.84. The summed E-state index contributed by atoms with van der Waals surface area (Å²) in [5.41, 5.74) is 0.356. The SMILES string of the molecule is COc1ccccc1C(=O)COC(=O)COc1ccccc1Cl. The molecule has 0 spiro atoms. The lowest BCUT2D eigenvalue weighted by Crippen LogP contribution is -2.19. The Morgan fingerprint density at radius 1 is 0.957 bits per heavy atom. The number of carbonyl (C=O) groups excluding carboxylic acids is 2. The van der Waals surface area contributed by atoms with Gasteiger partial charge in [0.1, 0.15) is 11.5 Å². The Bertz CT molecular complexity index is 699. The molecule has 0 atom stereocenters. The van der Waals surface area contributed by atoms with Crippen molar-refractivity contribution >= 4 is 23.4 Å². The molecule has 0 unspecified atom stereocenters. The quantitative estimate of drug-likeness (QED) is 0.575. The van der Waals surface area contributed by atoms with Gasteiger partial charge >= 0.3 is 5.97 Å². The van der Waals surface area contributed by atoms with Crippen molar-refractivity contribution in [1.82, 2.24) is 0 Å². The van der Waals surface area contributed by atoms with Crippen LogP contribution in [0.2, 0.25) is 5.02 Å². The van der Waals surface area contributed by atoms with E-state index in [1.54, 1.807) is 48.5 Å². The Labute approximate surface area is 138 Å². The van der Waals surface area contributed by atoms with Gasteiger partial charge in [-0.15, -0.1) is 0 Å². The molecule has 5 nitrogen and oxygen atoms in total. The second kappa shape index (κ2) is 8.19. The minimum absolute atomic E-state index is 0.330. The number of para-hydroxylation sites is 2. The number of carbonyl (C=O) groups is 2. The summed E-state index contributed by atoms with van der Waals surface area (Å²) < 4.78 is 15.2. The van der Waals surface area contributed by atoms with Gasteiger partial charge in [-0.05, 0) is 24.3 Å². The lowest BCUT2D eigenvalue weighted by molar-refractivity contribution is -0.144. The van der Waals surface area contributed by atoms with Crippen LogP contribution in [0.4, 0.5) is 0 Å². The highest BCUT2D eigenvalue weighted by molar-refractivity contribution is 6.32. The van der Waals surface area contributed by atoms with E-state index in [4.69, 9.17) is 25.8 Å². The van der Waals surface area contributed by atoms with Gasteiger partial charge in [-0.25, -0.2) is 4.79 Å². The van der Waals surface area contributed by atoms with Crippen molar-refractivity contribution in [2.45, 2.75) is 0 Å². The Morgan fingerprint density at radius 3 is 2.30 bits per heavy atom. The van der Waals surface area contributed by atoms with Gasteiger partial charge in [-0.1, -0.05) is 35.9 Å². The van der Waals surface area contributed by atoms with Crippen LogP contribution in [-0.4, -0.2) is 32.1 Å². The third-order valence-corrected chi connectivity index (χ3v) is 3.27. The Kier molecular flexibility index (Phi) is 6.00. The zero-order valence-corrected chi connectivity index (χ0v) is 13.2. The summed E-state index contributed by atoms with van der Waals surface area (Å²) in [5, 5.41) is 0.394. The second-order valence-electron chi connectivity index (χ2n) is 4.50. The maximum Gasteiger partial charge on any atom is 0.344 e. The molecule has 120 valence electrons. The Hall–Kier alpha value is -2.53. The summed E-state index contributed by atoms with van der Waals surface area (Å²) in [5.74, 6) is -0.204. The van der Waals surface area contributed by atoms with Crippen LogP contribution in [0, 0.1) is 0 Å². The first-order valence-corrected chi connectivity index (χ1v) is 7.18. The van der Waals surface area contributed by atoms with Crippen LogP contribution in [0.25, 0.3) is 0 Å². The Morgan fingerprint density at radius 2 is 1.61 bits per heavy atom. The number of hydrogen-bond acceptors (Lipinski definition) is 5. The van der Waals surface area contributed by atoms with Crippen LogP contribution in [0.1, 0.15) is 10.4 Å². The summed E-state index contributed by atoms with van der Waals surface area (Å²) in [4.78, 5) is 23.7. The highest BCUT2D eigenvalue weighted by Crippen LogP contribution is 2.23. The molecule has 0 fully saturated rings. The molecule has 2 aromatic rings. The van der Waals surface area contributed by atoms with E-state index in [1.807, 2.05) is 0 Å². The highest BCUT2D eigenvalue weighted by Gasteiger charge is 2.14. The third-order valence-electron chi connectivity index (χ3n) is 2.95. The van der Waals surface area contributed by atoms with Crippen LogP contribution in [-0.2, 0) is 9.53 Å². The first kappa shape index (κ1) is 16.8. The molecule has 0 saturated carbocycles. The standard InChI is InChI=1S/C17H15ClO5/c1-21-15-8-4-2-6-12(15)14(19)10-23-17(20)11-22-16-9-5-3-7-13(16)18/h2-9H,10-11H2,1H3. The molecule has 0 aliphatic rings. The van der Waals surface area contributed by atoms with Crippen molar-refractivity contribution in [3.05, 3.63) is 59.1 Å². The lowest BCUT2D eigenvalue weighted by Gasteiger charge is -2.09. The first-order valence-electron chi connectivity index (χ1n) is 6.81. The molecular weight excluding hydrogens is 320 g/mol. The summed E-state index contributed by atoms with van der Waals surface area (Å²) in [6.07, 6.45) is 0. The summed E-state index contributed by atoms with van der Waals surface area (Å²) in [6, 6.07) is 13.5. The maximum absolute atomic E-state index is 12.0. The van der Waals surface area contributed by atoms with Gasteiger partial charge in [0.2, 0.25) is 5.78 Å². The largest absolute Gasteiger partial charge is 0.496 e. The van der Waals surface area contributed by atoms with E-state index in [9.17, 15) is 9.59 Å². The monoisotopic (exact) mass is 334 g/mol. The predicted octanol–water partition coefficient (Wildman–Crippen LogP) is 3.15. The third kappa shape index (κ3) is 4.72. The molecule has 0 aliphatic carbocycles. The molecule has 0 amide bonds. The van der Waals surface area contributed by atoms with Gasteiger partial charge in [0.15, 0.2) is 13.2 Å². The van der Waals surface area contributed by atoms with Crippen LogP contribution < -0.4 is 9.47 Å². The maximum atomic E-state index is 12.0. The molecule has 2 aromatic carbocycles. The number of esters is 1. The summed E-state index contributed by atoms with van der Waals surface area (Å²) >= 11 is 5.90. The molecule has 0 saturated heterocycles. The van der Waals surface area contributed by atoms with E-state index in [0.29, 0.717) is 22.1 Å². The second-order valence-corrected chi connectivity index (χ2v) is 4.91. The van der Waals surface area contributed by atoms with Crippen molar-refractivity contribution < 1.29 is 23.8 Å². The fourth-order valence-corrected chi connectivity index (χ4v) is 2.03. The van der Waals surface area contributed by atoms with Crippen molar-refractivity contribution in [1.29, 1.82) is 0 Å². The fraction of sp³-hybridized carbons (Fsp3) is 0.176. The van der Waals surface area contributed by atoms with E-state index < -0.39 is 5.97 Å². The van der Waals surface area contributed by atoms with Crippen LogP contribution in [0.15, 0.2) is 48.5 Å². The number of halogens is 1. The van der Waals surface area contributed by atoms with Crippen molar-refractivity contribution in [3.8, 4) is 11.5 Å². The first-order chi connectivity index (χ1) is 11.1. The zero-order chi connectivity index (χ0) is 16.7. The van der Waals surface area contributed by atoms with Gasteiger partial charge in [0.05, 0.1) is 17.7 Å². The van der Waals surface area contributed by atoms with E-state index in [1.165, 1.54) is 7.11 Å². The number of ketones is 1. The van der Waals surface area contributed by atoms with E-state index in [2.05, 4.69) is 0 Å². The summed E-state index contributed by atoms with van der Waals surface area (Å²) in [7, 11) is 1.47. The molecule has 0 aliphatic heterocycles. The van der Waals surface area contributed by atoms with Crippen LogP contribution in [0.5, 0.6) is 11.5 Å². The van der Waals surface area contributed by atoms with Gasteiger partial charge < -0.3 is 14.2 Å². The number of benzene rings is 2. The molecule has 6 heteroatoms. The van der Waals surface area contributed by atoms with Gasteiger partial charge in [0.25, 0.3) is 0 Å². The van der Waals surface area contributed by atoms with E-state index in [0.717, 1.165) is 0 Å². The molecule has 0 bridgehead atoms. The van der Waals surface area contributed by atoms with E-state index >= 15 is 0 Å². The van der Waals surface area contributed by atoms with Crippen molar-refractivity contribution in [2.75, 3.05) is 20.3 Å². The molecule has 2 rings (SSSR count). The number of methoxy groups -OCH3 is 1. The number of rotatable bonds is 7. The van der Waals surface area contributed by atoms with Gasteiger partial charge in [-0.2, -0.15) is 0 Å².